The topological polar surface area (TPSA) is 58.2 Å². The SMILES string of the molecule is Cc1ccc(NC(=O)C2CC2C(=O)Nc2cccc(Cl)c2)c(C)c1. The van der Waals surface area contributed by atoms with Gasteiger partial charge in [0, 0.05) is 16.4 Å². The van der Waals surface area contributed by atoms with Gasteiger partial charge in [-0.25, -0.2) is 0 Å². The predicted molar refractivity (Wildman–Crippen MR) is 96.2 cm³/mol. The Hall–Kier alpha value is -2.33. The van der Waals surface area contributed by atoms with Crippen molar-refractivity contribution >= 4 is 34.8 Å². The number of nitrogens with one attached hydrogen (secondary N) is 2. The summed E-state index contributed by atoms with van der Waals surface area (Å²) in [7, 11) is 0. The van der Waals surface area contributed by atoms with Gasteiger partial charge in [0.2, 0.25) is 11.8 Å². The number of halogens is 1. The molecule has 24 heavy (non-hydrogen) atoms. The molecule has 1 aliphatic carbocycles. The number of rotatable bonds is 4. The summed E-state index contributed by atoms with van der Waals surface area (Å²) in [6, 6.07) is 12.9. The van der Waals surface area contributed by atoms with Crippen LogP contribution in [0.15, 0.2) is 42.5 Å². The molecule has 0 saturated heterocycles. The second-order valence-corrected chi connectivity index (χ2v) is 6.69. The molecule has 3 rings (SSSR count). The third-order valence-corrected chi connectivity index (χ3v) is 4.43. The zero-order valence-electron chi connectivity index (χ0n) is 13.6. The van der Waals surface area contributed by atoms with Crippen molar-refractivity contribution in [1.29, 1.82) is 0 Å². The molecule has 2 amide bonds. The van der Waals surface area contributed by atoms with Gasteiger partial charge < -0.3 is 10.6 Å². The third-order valence-electron chi connectivity index (χ3n) is 4.20. The first-order chi connectivity index (χ1) is 11.4. The first kappa shape index (κ1) is 16.5. The summed E-state index contributed by atoms with van der Waals surface area (Å²) in [6.07, 6.45) is 0.573. The van der Waals surface area contributed by atoms with E-state index in [1.165, 1.54) is 0 Å². The molecule has 0 aromatic heterocycles. The second-order valence-electron chi connectivity index (χ2n) is 6.26. The van der Waals surface area contributed by atoms with Crippen LogP contribution in [-0.4, -0.2) is 11.8 Å². The largest absolute Gasteiger partial charge is 0.326 e. The molecular formula is C19H19ClN2O2. The van der Waals surface area contributed by atoms with E-state index in [0.717, 1.165) is 16.8 Å². The van der Waals surface area contributed by atoms with E-state index in [-0.39, 0.29) is 23.7 Å². The summed E-state index contributed by atoms with van der Waals surface area (Å²) >= 11 is 5.90. The third kappa shape index (κ3) is 3.77. The highest BCUT2D eigenvalue weighted by Crippen LogP contribution is 2.40. The summed E-state index contributed by atoms with van der Waals surface area (Å²) in [6.45, 7) is 3.97. The van der Waals surface area contributed by atoms with Gasteiger partial charge in [-0.2, -0.15) is 0 Å². The van der Waals surface area contributed by atoms with Crippen molar-refractivity contribution in [3.8, 4) is 0 Å². The van der Waals surface area contributed by atoms with Crippen LogP contribution in [0, 0.1) is 25.7 Å². The van der Waals surface area contributed by atoms with E-state index in [0.29, 0.717) is 17.1 Å². The molecule has 4 nitrogen and oxygen atoms in total. The zero-order chi connectivity index (χ0) is 17.3. The average Bonchev–Trinajstić information content (AvgIpc) is 3.31. The van der Waals surface area contributed by atoms with Gasteiger partial charge in [-0.15, -0.1) is 0 Å². The Balaban J connectivity index is 1.58. The summed E-state index contributed by atoms with van der Waals surface area (Å²) in [4.78, 5) is 24.6. The van der Waals surface area contributed by atoms with Crippen molar-refractivity contribution in [2.45, 2.75) is 20.3 Å². The van der Waals surface area contributed by atoms with Crippen molar-refractivity contribution in [2.75, 3.05) is 10.6 Å². The normalized spacial score (nSPS) is 18.8. The summed E-state index contributed by atoms with van der Waals surface area (Å²) in [5, 5.41) is 6.29. The molecule has 1 saturated carbocycles. The van der Waals surface area contributed by atoms with Crippen LogP contribution < -0.4 is 10.6 Å². The van der Waals surface area contributed by atoms with E-state index in [1.807, 2.05) is 32.0 Å². The molecule has 2 atom stereocenters. The molecule has 2 unspecified atom stereocenters. The quantitative estimate of drug-likeness (QED) is 0.876. The van der Waals surface area contributed by atoms with E-state index in [1.54, 1.807) is 24.3 Å². The van der Waals surface area contributed by atoms with Crippen LogP contribution >= 0.6 is 11.6 Å². The van der Waals surface area contributed by atoms with Crippen LogP contribution in [0.2, 0.25) is 5.02 Å². The Morgan fingerprint density at radius 2 is 1.71 bits per heavy atom. The number of aryl methyl sites for hydroxylation is 2. The van der Waals surface area contributed by atoms with E-state index in [2.05, 4.69) is 10.6 Å². The summed E-state index contributed by atoms with van der Waals surface area (Å²) in [5.41, 5.74) is 3.61. The molecule has 1 aliphatic rings. The van der Waals surface area contributed by atoms with Gasteiger partial charge >= 0.3 is 0 Å². The first-order valence-electron chi connectivity index (χ1n) is 7.88. The zero-order valence-corrected chi connectivity index (χ0v) is 14.4. The molecule has 2 aromatic rings. The number of amides is 2. The highest BCUT2D eigenvalue weighted by molar-refractivity contribution is 6.30. The fourth-order valence-electron chi connectivity index (χ4n) is 2.76. The Kier molecular flexibility index (Phi) is 4.58. The number of carbonyl (C=O) groups is 2. The lowest BCUT2D eigenvalue weighted by Crippen LogP contribution is -2.20. The molecule has 5 heteroatoms. The number of benzene rings is 2. The minimum absolute atomic E-state index is 0.104. The average molecular weight is 343 g/mol. The van der Waals surface area contributed by atoms with Gasteiger partial charge in [-0.05, 0) is 50.1 Å². The smallest absolute Gasteiger partial charge is 0.228 e. The van der Waals surface area contributed by atoms with Crippen LogP contribution in [0.25, 0.3) is 0 Å². The lowest BCUT2D eigenvalue weighted by Gasteiger charge is -2.09. The molecule has 0 bridgehead atoms. The van der Waals surface area contributed by atoms with Crippen LogP contribution in [0.4, 0.5) is 11.4 Å². The lowest BCUT2D eigenvalue weighted by molar-refractivity contribution is -0.122. The Morgan fingerprint density at radius 1 is 1.00 bits per heavy atom. The molecule has 0 radical (unpaired) electrons. The molecular weight excluding hydrogens is 324 g/mol. The first-order valence-corrected chi connectivity index (χ1v) is 8.26. The minimum atomic E-state index is -0.283. The Bertz CT molecular complexity index is 804. The molecule has 124 valence electrons. The predicted octanol–water partition coefficient (Wildman–Crippen LogP) is 4.17. The second kappa shape index (κ2) is 6.65. The fourth-order valence-corrected chi connectivity index (χ4v) is 2.95. The number of anilines is 2. The van der Waals surface area contributed by atoms with Crippen LogP contribution in [0.5, 0.6) is 0 Å². The number of carbonyl (C=O) groups excluding carboxylic acids is 2. The van der Waals surface area contributed by atoms with Gasteiger partial charge in [-0.3, -0.25) is 9.59 Å². The van der Waals surface area contributed by atoms with Crippen molar-refractivity contribution in [3.63, 3.8) is 0 Å². The molecule has 0 aliphatic heterocycles. The minimum Gasteiger partial charge on any atom is -0.326 e. The van der Waals surface area contributed by atoms with E-state index in [9.17, 15) is 9.59 Å². The fraction of sp³-hybridized carbons (Fsp3) is 0.263. The van der Waals surface area contributed by atoms with Crippen molar-refractivity contribution in [3.05, 3.63) is 58.6 Å². The monoisotopic (exact) mass is 342 g/mol. The molecule has 0 spiro atoms. The lowest BCUT2D eigenvalue weighted by atomic mass is 10.1. The Morgan fingerprint density at radius 3 is 2.38 bits per heavy atom. The maximum Gasteiger partial charge on any atom is 0.228 e. The number of hydrogen-bond acceptors (Lipinski definition) is 2. The maximum absolute atomic E-state index is 12.3. The summed E-state index contributed by atoms with van der Waals surface area (Å²) in [5.74, 6) is -0.800. The maximum atomic E-state index is 12.3. The molecule has 0 heterocycles. The van der Waals surface area contributed by atoms with Gasteiger partial charge in [0.15, 0.2) is 0 Å². The molecule has 2 N–H and O–H groups in total. The van der Waals surface area contributed by atoms with Gasteiger partial charge in [0.05, 0.1) is 11.8 Å². The summed E-state index contributed by atoms with van der Waals surface area (Å²) < 4.78 is 0. The molecule has 1 fully saturated rings. The van der Waals surface area contributed by atoms with Gasteiger partial charge in [0.25, 0.3) is 0 Å². The van der Waals surface area contributed by atoms with Crippen molar-refractivity contribution in [1.82, 2.24) is 0 Å². The standard InChI is InChI=1S/C19H19ClN2O2/c1-11-6-7-17(12(2)8-11)22-19(24)16-10-15(16)18(23)21-14-5-3-4-13(20)9-14/h3-9,15-16H,10H2,1-2H3,(H,21,23)(H,22,24). The number of hydrogen-bond donors (Lipinski definition) is 2. The van der Waals surface area contributed by atoms with Crippen LogP contribution in [0.1, 0.15) is 17.5 Å². The Labute approximate surface area is 146 Å². The van der Waals surface area contributed by atoms with E-state index in [4.69, 9.17) is 11.6 Å². The highest BCUT2D eigenvalue weighted by Gasteiger charge is 2.48. The van der Waals surface area contributed by atoms with Crippen molar-refractivity contribution < 1.29 is 9.59 Å². The highest BCUT2D eigenvalue weighted by atomic mass is 35.5. The van der Waals surface area contributed by atoms with Crippen LogP contribution in [-0.2, 0) is 9.59 Å². The van der Waals surface area contributed by atoms with Gasteiger partial charge in [-0.1, -0.05) is 35.4 Å². The van der Waals surface area contributed by atoms with Crippen LogP contribution in [0.3, 0.4) is 0 Å². The van der Waals surface area contributed by atoms with Crippen molar-refractivity contribution in [2.24, 2.45) is 11.8 Å². The van der Waals surface area contributed by atoms with Gasteiger partial charge in [0.1, 0.15) is 0 Å². The van der Waals surface area contributed by atoms with E-state index < -0.39 is 0 Å². The molecule has 2 aromatic carbocycles. The van der Waals surface area contributed by atoms with E-state index >= 15 is 0 Å².